The first-order valence-electron chi connectivity index (χ1n) is 18.3. The number of halogens is 3. The number of aliphatic hydroxyl groups excluding tert-OH is 2. The minimum absolute atomic E-state index is 0.00411. The molecule has 2 aliphatic heterocycles. The number of carbonyl (C=O) groups excluding carboxylic acids is 2. The summed E-state index contributed by atoms with van der Waals surface area (Å²) in [4.78, 5) is 39.8. The molecule has 2 aromatic heterocycles. The molecule has 2 aromatic carbocycles. The predicted molar refractivity (Wildman–Crippen MR) is 197 cm³/mol. The molecule has 15 heteroatoms. The van der Waals surface area contributed by atoms with Crippen molar-refractivity contribution in [3.63, 3.8) is 0 Å². The highest BCUT2D eigenvalue weighted by Gasteiger charge is 2.43. The van der Waals surface area contributed by atoms with Crippen molar-refractivity contribution in [1.29, 1.82) is 0 Å². The summed E-state index contributed by atoms with van der Waals surface area (Å²) in [6, 6.07) is 16.5. The number of aryl methyl sites for hydroxylation is 1. The summed E-state index contributed by atoms with van der Waals surface area (Å²) in [6.07, 6.45) is -1.52. The molecule has 6 rings (SSSR count). The number of benzene rings is 2. The number of fused-ring (bicyclic) bond motifs is 1. The number of aliphatic hydroxyl groups is 2. The van der Waals surface area contributed by atoms with E-state index in [0.717, 1.165) is 16.7 Å². The van der Waals surface area contributed by atoms with Gasteiger partial charge in [0.05, 0.1) is 23.9 Å². The molecule has 0 saturated carbocycles. The molecule has 2 aliphatic rings. The third-order valence-corrected chi connectivity index (χ3v) is 10.3. The van der Waals surface area contributed by atoms with Crippen LogP contribution in [0.1, 0.15) is 48.9 Å². The smallest absolute Gasteiger partial charge is 0.405 e. The van der Waals surface area contributed by atoms with Gasteiger partial charge < -0.3 is 30.0 Å². The van der Waals surface area contributed by atoms with E-state index in [1.54, 1.807) is 47.8 Å². The molecule has 0 spiro atoms. The molecule has 0 radical (unpaired) electrons. The lowest BCUT2D eigenvalue weighted by atomic mass is 9.90. The Morgan fingerprint density at radius 3 is 2.53 bits per heavy atom. The fourth-order valence-electron chi connectivity index (χ4n) is 7.26. The van der Waals surface area contributed by atoms with Gasteiger partial charge in [0, 0.05) is 55.6 Å². The van der Waals surface area contributed by atoms with Crippen LogP contribution >= 0.6 is 0 Å². The summed E-state index contributed by atoms with van der Waals surface area (Å²) in [7, 11) is 0. The molecule has 12 nitrogen and oxygen atoms in total. The van der Waals surface area contributed by atoms with Gasteiger partial charge in [-0.2, -0.15) is 13.2 Å². The van der Waals surface area contributed by atoms with Crippen LogP contribution in [0.4, 0.5) is 13.2 Å². The maximum atomic E-state index is 14.0. The second-order valence-electron chi connectivity index (χ2n) is 14.8. The van der Waals surface area contributed by atoms with E-state index < -0.39 is 54.4 Å². The maximum Gasteiger partial charge on any atom is 0.405 e. The van der Waals surface area contributed by atoms with Crippen LogP contribution in [0.2, 0.25) is 0 Å². The number of carbonyl (C=O) groups is 2. The Morgan fingerprint density at radius 2 is 1.78 bits per heavy atom. The van der Waals surface area contributed by atoms with Gasteiger partial charge in [-0.05, 0) is 56.9 Å². The predicted octanol–water partition coefficient (Wildman–Crippen LogP) is 4.17. The molecule has 4 heterocycles. The van der Waals surface area contributed by atoms with E-state index in [9.17, 15) is 33.0 Å². The molecule has 1 fully saturated rings. The van der Waals surface area contributed by atoms with Crippen molar-refractivity contribution in [2.24, 2.45) is 5.92 Å². The number of ether oxygens (including phenoxy) is 1. The third kappa shape index (κ3) is 9.89. The highest BCUT2D eigenvalue weighted by atomic mass is 19.4. The summed E-state index contributed by atoms with van der Waals surface area (Å²) >= 11 is 0. The Bertz CT molecular complexity index is 1920. The summed E-state index contributed by atoms with van der Waals surface area (Å²) in [5.41, 5.74) is 2.31. The normalized spacial score (nSPS) is 20.5. The second-order valence-corrected chi connectivity index (χ2v) is 14.8. The van der Waals surface area contributed by atoms with E-state index in [4.69, 9.17) is 9.15 Å². The lowest BCUT2D eigenvalue weighted by Gasteiger charge is -2.46. The Morgan fingerprint density at radius 1 is 1.04 bits per heavy atom. The van der Waals surface area contributed by atoms with Crippen molar-refractivity contribution in [1.82, 2.24) is 30.4 Å². The Hall–Kier alpha value is -4.83. The standard InChI is InChI=1S/C40H47F3N6O6/c1-25-15-28(19-44-18-25)34-20-45-38(55-34)39(2,3)49-14-13-48(31(22-49)37(53)46-24-40(41,42)43)21-29(50)17-27(16-26-9-5-4-6-10-26)36(52)47-35-30-11-7-8-12-33(30)54-23-32(35)51/h4-12,15,18-20,27,29,31-32,35,50-51H,13-14,16-17,21-24H2,1-3H3,(H,46,53)(H,47,52)/t27-,29+,31+,32-,35+/m1/s1. The van der Waals surface area contributed by atoms with Gasteiger partial charge in [0.25, 0.3) is 0 Å². The van der Waals surface area contributed by atoms with Gasteiger partial charge in [-0.1, -0.05) is 48.5 Å². The first kappa shape index (κ1) is 39.9. The number of amides is 2. The zero-order chi connectivity index (χ0) is 39.3. The van der Waals surface area contributed by atoms with Crippen molar-refractivity contribution < 1.29 is 42.1 Å². The van der Waals surface area contributed by atoms with E-state index in [1.165, 1.54) is 0 Å². The second kappa shape index (κ2) is 16.9. The SMILES string of the molecule is Cc1cncc(-c2cnc(C(C)(C)N3CCN(C[C@@H](O)C[C@@H](Cc4ccccc4)C(=O)N[C@H]4c5ccccc5OC[C@H]4O)[C@H](C(=O)NCC(F)(F)F)C3)o2)c1. The van der Waals surface area contributed by atoms with Gasteiger partial charge in [-0.3, -0.25) is 24.4 Å². The van der Waals surface area contributed by atoms with E-state index >= 15 is 0 Å². The molecule has 4 aromatic rings. The number of aromatic nitrogens is 2. The van der Waals surface area contributed by atoms with E-state index in [2.05, 4.69) is 15.3 Å². The molecular formula is C40H47F3N6O6. The number of piperazine rings is 1. The molecular weight excluding hydrogens is 717 g/mol. The van der Waals surface area contributed by atoms with Crippen LogP contribution < -0.4 is 15.4 Å². The number of hydrogen-bond donors (Lipinski definition) is 4. The molecule has 5 atom stereocenters. The minimum Gasteiger partial charge on any atom is -0.490 e. The van der Waals surface area contributed by atoms with Gasteiger partial charge in [-0.25, -0.2) is 4.98 Å². The average Bonchev–Trinajstić information content (AvgIpc) is 3.67. The lowest BCUT2D eigenvalue weighted by molar-refractivity contribution is -0.144. The number of alkyl halides is 3. The van der Waals surface area contributed by atoms with Crippen molar-refractivity contribution >= 4 is 11.8 Å². The molecule has 0 aliphatic carbocycles. The first-order chi connectivity index (χ1) is 26.2. The number of hydrogen-bond acceptors (Lipinski definition) is 10. The monoisotopic (exact) mass is 764 g/mol. The van der Waals surface area contributed by atoms with Gasteiger partial charge >= 0.3 is 6.18 Å². The molecule has 4 N–H and O–H groups in total. The van der Waals surface area contributed by atoms with Crippen LogP contribution in [-0.2, 0) is 21.5 Å². The lowest BCUT2D eigenvalue weighted by Crippen LogP contribution is -2.63. The Labute approximate surface area is 317 Å². The average molecular weight is 765 g/mol. The van der Waals surface area contributed by atoms with Crippen LogP contribution in [0.5, 0.6) is 5.75 Å². The molecule has 0 unspecified atom stereocenters. The fourth-order valence-corrected chi connectivity index (χ4v) is 7.26. The zero-order valence-electron chi connectivity index (χ0n) is 31.0. The van der Waals surface area contributed by atoms with Gasteiger partial charge in [-0.15, -0.1) is 0 Å². The number of nitrogens with one attached hydrogen (secondary N) is 2. The van der Waals surface area contributed by atoms with E-state index in [0.29, 0.717) is 29.5 Å². The van der Waals surface area contributed by atoms with Crippen molar-refractivity contribution in [3.8, 4) is 17.1 Å². The summed E-state index contributed by atoms with van der Waals surface area (Å²) in [5.74, 6) is -0.554. The van der Waals surface area contributed by atoms with Crippen LogP contribution in [-0.4, -0.2) is 106 Å². The number of rotatable bonds is 13. The molecule has 0 bridgehead atoms. The molecule has 294 valence electrons. The third-order valence-electron chi connectivity index (χ3n) is 10.3. The van der Waals surface area contributed by atoms with E-state index in [-0.39, 0.29) is 45.0 Å². The topological polar surface area (TPSA) is 153 Å². The van der Waals surface area contributed by atoms with Crippen LogP contribution in [0.3, 0.4) is 0 Å². The summed E-state index contributed by atoms with van der Waals surface area (Å²) in [5, 5.41) is 27.4. The van der Waals surface area contributed by atoms with Crippen LogP contribution in [0.25, 0.3) is 11.3 Å². The largest absolute Gasteiger partial charge is 0.490 e. The Balaban J connectivity index is 1.19. The quantitative estimate of drug-likeness (QED) is 0.156. The molecule has 1 saturated heterocycles. The number of β-amino-alcohol motifs (C(OH)–C–C–N with tert-alkyl or cyclic N) is 1. The number of oxazole rings is 1. The zero-order valence-corrected chi connectivity index (χ0v) is 31.0. The van der Waals surface area contributed by atoms with Crippen LogP contribution in [0, 0.1) is 12.8 Å². The van der Waals surface area contributed by atoms with Gasteiger partial charge in [0.15, 0.2) is 5.76 Å². The number of nitrogens with zero attached hydrogens (tertiary/aromatic N) is 4. The van der Waals surface area contributed by atoms with Crippen LogP contribution in [0.15, 0.2) is 83.7 Å². The molecule has 2 amide bonds. The van der Waals surface area contributed by atoms with Crippen molar-refractivity contribution in [3.05, 3.63) is 102 Å². The summed E-state index contributed by atoms with van der Waals surface area (Å²) < 4.78 is 51.6. The number of para-hydroxylation sites is 1. The number of pyridine rings is 1. The fraction of sp³-hybridized carbons (Fsp3) is 0.450. The Kier molecular flexibility index (Phi) is 12.2. The van der Waals surface area contributed by atoms with Gasteiger partial charge in [0.1, 0.15) is 31.0 Å². The van der Waals surface area contributed by atoms with Crippen molar-refractivity contribution in [2.75, 3.05) is 39.3 Å². The first-order valence-corrected chi connectivity index (χ1v) is 18.3. The van der Waals surface area contributed by atoms with E-state index in [1.807, 2.05) is 67.4 Å². The highest BCUT2D eigenvalue weighted by molar-refractivity contribution is 5.82. The minimum atomic E-state index is -4.62. The van der Waals surface area contributed by atoms with Crippen molar-refractivity contribution in [2.45, 2.75) is 69.6 Å². The highest BCUT2D eigenvalue weighted by Crippen LogP contribution is 2.34. The van der Waals surface area contributed by atoms with Gasteiger partial charge in [0.2, 0.25) is 17.7 Å². The summed E-state index contributed by atoms with van der Waals surface area (Å²) in [6.45, 7) is 4.67. The maximum absolute atomic E-state index is 14.0. The molecule has 55 heavy (non-hydrogen) atoms.